The van der Waals surface area contributed by atoms with Crippen LogP contribution in [0.15, 0.2) is 33.9 Å². The summed E-state index contributed by atoms with van der Waals surface area (Å²) in [6, 6.07) is 5.08. The van der Waals surface area contributed by atoms with Gasteiger partial charge < -0.3 is 9.73 Å². The first-order valence-electron chi connectivity index (χ1n) is 9.77. The minimum Gasteiger partial charge on any atom is -0.455 e. The van der Waals surface area contributed by atoms with Crippen molar-refractivity contribution < 1.29 is 44.7 Å². The molecule has 3 rings (SSSR count). The van der Waals surface area contributed by atoms with Crippen molar-refractivity contribution in [3.05, 3.63) is 52.7 Å². The number of hydrogen-bond donors (Lipinski definition) is 2. The average Bonchev–Trinajstić information content (AvgIpc) is 3.12. The first-order valence-corrected chi connectivity index (χ1v) is 9.77. The number of aromatic nitrogens is 1. The van der Waals surface area contributed by atoms with Crippen molar-refractivity contribution >= 4 is 17.5 Å². The number of amides is 2. The van der Waals surface area contributed by atoms with Gasteiger partial charge in [0.25, 0.3) is 5.91 Å². The second kappa shape index (κ2) is 9.06. The Labute approximate surface area is 187 Å². The van der Waals surface area contributed by atoms with Crippen LogP contribution in [-0.4, -0.2) is 40.5 Å². The molecule has 0 spiro atoms. The minimum absolute atomic E-state index is 0.0594. The summed E-state index contributed by atoms with van der Waals surface area (Å²) in [4.78, 5) is 28.1. The molecule has 184 valence electrons. The Balaban J connectivity index is 1.80. The lowest BCUT2D eigenvalue weighted by atomic mass is 9.93. The summed E-state index contributed by atoms with van der Waals surface area (Å²) in [7, 11) is 0. The number of fused-ring (bicyclic) bond motifs is 1. The first-order chi connectivity index (χ1) is 15.8. The van der Waals surface area contributed by atoms with E-state index in [1.165, 1.54) is 13.1 Å². The summed E-state index contributed by atoms with van der Waals surface area (Å²) in [5, 5.41) is 5.94. The van der Waals surface area contributed by atoms with Crippen molar-refractivity contribution in [2.75, 3.05) is 0 Å². The van der Waals surface area contributed by atoms with E-state index in [4.69, 9.17) is 4.42 Å². The highest BCUT2D eigenvalue weighted by atomic mass is 19.4. The Morgan fingerprint density at radius 3 is 2.44 bits per heavy atom. The number of halogens is 7. The molecule has 1 aliphatic rings. The number of hydrazone groups is 1. The fourth-order valence-corrected chi connectivity index (χ4v) is 3.26. The summed E-state index contributed by atoms with van der Waals surface area (Å²) in [5.41, 5.74) is 1.96. The predicted octanol–water partition coefficient (Wildman–Crippen LogP) is 3.90. The molecular weight excluding hydrogens is 477 g/mol. The zero-order valence-corrected chi connectivity index (χ0v) is 17.4. The highest BCUT2D eigenvalue weighted by Crippen LogP contribution is 2.46. The van der Waals surface area contributed by atoms with Crippen molar-refractivity contribution in [3.8, 4) is 0 Å². The zero-order valence-electron chi connectivity index (χ0n) is 17.4. The van der Waals surface area contributed by atoms with Crippen LogP contribution >= 0.6 is 0 Å². The monoisotopic (exact) mass is 494 g/mol. The third kappa shape index (κ3) is 4.61. The van der Waals surface area contributed by atoms with Crippen molar-refractivity contribution in [1.82, 2.24) is 15.7 Å². The number of carbonyl (C=O) groups excluding carboxylic acids is 2. The molecule has 14 heteroatoms. The number of nitrogens with one attached hydrogen (secondary N) is 2. The number of aryl methyl sites for hydroxylation is 1. The molecule has 0 fully saturated rings. The van der Waals surface area contributed by atoms with Crippen LogP contribution in [0.5, 0.6) is 0 Å². The van der Waals surface area contributed by atoms with Crippen molar-refractivity contribution in [2.24, 2.45) is 5.10 Å². The number of pyridine rings is 1. The largest absolute Gasteiger partial charge is 0.460 e. The summed E-state index contributed by atoms with van der Waals surface area (Å²) in [6.07, 6.45) is -4.41. The molecule has 0 unspecified atom stereocenters. The van der Waals surface area contributed by atoms with Gasteiger partial charge in [0, 0.05) is 23.7 Å². The quantitative estimate of drug-likeness (QED) is 0.470. The third-order valence-corrected chi connectivity index (χ3v) is 5.02. The van der Waals surface area contributed by atoms with E-state index in [1.807, 2.05) is 0 Å². The van der Waals surface area contributed by atoms with Gasteiger partial charge in [-0.25, -0.2) is 5.43 Å². The van der Waals surface area contributed by atoms with E-state index in [9.17, 15) is 40.3 Å². The molecule has 0 radical (unpaired) electrons. The van der Waals surface area contributed by atoms with Gasteiger partial charge in [-0.3, -0.25) is 14.6 Å². The maximum atomic E-state index is 13.5. The lowest BCUT2D eigenvalue weighted by Crippen LogP contribution is -2.58. The number of hydrogen-bond acceptors (Lipinski definition) is 5. The summed E-state index contributed by atoms with van der Waals surface area (Å²) in [5.74, 6) is -16.2. The van der Waals surface area contributed by atoms with E-state index in [1.54, 1.807) is 18.2 Å². The van der Waals surface area contributed by atoms with E-state index in [-0.39, 0.29) is 41.3 Å². The van der Waals surface area contributed by atoms with Gasteiger partial charge in [-0.05, 0) is 31.9 Å². The Morgan fingerprint density at radius 2 is 1.82 bits per heavy atom. The Kier molecular flexibility index (Phi) is 6.71. The second-order valence-corrected chi connectivity index (χ2v) is 7.36. The van der Waals surface area contributed by atoms with Crippen LogP contribution in [0.4, 0.5) is 30.7 Å². The molecule has 2 aromatic rings. The number of nitrogens with zero attached hydrogens (tertiary/aromatic N) is 2. The number of carbonyl (C=O) groups is 2. The minimum atomic E-state index is -6.66. The zero-order chi connectivity index (χ0) is 25.3. The van der Waals surface area contributed by atoms with E-state index in [2.05, 4.69) is 15.4 Å². The van der Waals surface area contributed by atoms with Crippen LogP contribution in [0.3, 0.4) is 0 Å². The molecule has 0 bridgehead atoms. The maximum absolute atomic E-state index is 13.5. The van der Waals surface area contributed by atoms with E-state index >= 15 is 0 Å². The van der Waals surface area contributed by atoms with Gasteiger partial charge >= 0.3 is 23.9 Å². The average molecular weight is 494 g/mol. The molecule has 0 aromatic carbocycles. The number of rotatable bonds is 6. The molecule has 34 heavy (non-hydrogen) atoms. The van der Waals surface area contributed by atoms with Gasteiger partial charge in [-0.15, -0.1) is 0 Å². The Bertz CT molecular complexity index is 1110. The molecule has 0 saturated heterocycles. The second-order valence-electron chi connectivity index (χ2n) is 7.36. The van der Waals surface area contributed by atoms with Crippen LogP contribution in [0.25, 0.3) is 0 Å². The Hall–Kier alpha value is -3.45. The fraction of sp³-hybridized carbons (Fsp3) is 0.400. The molecule has 0 atom stereocenters. The van der Waals surface area contributed by atoms with Gasteiger partial charge in [0.2, 0.25) is 0 Å². The predicted molar refractivity (Wildman–Crippen MR) is 102 cm³/mol. The highest BCUT2D eigenvalue weighted by molar-refractivity contribution is 6.06. The van der Waals surface area contributed by atoms with Crippen LogP contribution in [0, 0.1) is 6.92 Å². The molecule has 7 nitrogen and oxygen atoms in total. The maximum Gasteiger partial charge on any atom is 0.460 e. The molecule has 1 aliphatic carbocycles. The van der Waals surface area contributed by atoms with Crippen molar-refractivity contribution in [1.29, 1.82) is 0 Å². The van der Waals surface area contributed by atoms with Gasteiger partial charge in [0.1, 0.15) is 5.76 Å². The number of alkyl halides is 7. The topological polar surface area (TPSA) is 96.6 Å². The molecule has 2 heterocycles. The van der Waals surface area contributed by atoms with Gasteiger partial charge in [-0.1, -0.05) is 6.07 Å². The Morgan fingerprint density at radius 1 is 1.12 bits per heavy atom. The molecule has 0 saturated carbocycles. The number of furan rings is 1. The normalized spacial score (nSPS) is 15.7. The molecule has 2 N–H and O–H groups in total. The van der Waals surface area contributed by atoms with Crippen LogP contribution in [-0.2, 0) is 17.8 Å². The van der Waals surface area contributed by atoms with E-state index < -0.39 is 29.8 Å². The molecule has 2 aromatic heterocycles. The summed E-state index contributed by atoms with van der Waals surface area (Å²) in [6.45, 7) is 1.52. The van der Waals surface area contributed by atoms with Gasteiger partial charge in [0.15, 0.2) is 5.76 Å². The fourth-order valence-electron chi connectivity index (χ4n) is 3.26. The first kappa shape index (κ1) is 25.2. The SMILES string of the molecule is Cc1c(C(=O)NCc2ccccn2)oc2c1/C(=N/NC(=O)C(F)(F)C(F)(F)C(F)(F)F)CCC2. The van der Waals surface area contributed by atoms with Gasteiger partial charge in [0.05, 0.1) is 18.0 Å². The lowest BCUT2D eigenvalue weighted by molar-refractivity contribution is -0.344. The molecule has 2 amide bonds. The summed E-state index contributed by atoms with van der Waals surface area (Å²) >= 11 is 0. The van der Waals surface area contributed by atoms with Crippen LogP contribution < -0.4 is 10.7 Å². The van der Waals surface area contributed by atoms with E-state index in [0.717, 1.165) is 5.43 Å². The third-order valence-electron chi connectivity index (χ3n) is 5.02. The lowest BCUT2D eigenvalue weighted by Gasteiger charge is -2.26. The van der Waals surface area contributed by atoms with Crippen molar-refractivity contribution in [3.63, 3.8) is 0 Å². The standard InChI is InChI=1S/C20H17F7N4O3/c1-10-14-12(30-31-17(33)18(21,22)19(23,24)20(25,26)27)6-4-7-13(14)34-15(10)16(32)29-9-11-5-2-3-8-28-11/h2-3,5,8H,4,6-7,9H2,1H3,(H,29,32)(H,31,33)/b30-12+. The van der Waals surface area contributed by atoms with E-state index in [0.29, 0.717) is 18.5 Å². The smallest absolute Gasteiger partial charge is 0.455 e. The van der Waals surface area contributed by atoms with Crippen molar-refractivity contribution in [2.45, 2.75) is 50.8 Å². The van der Waals surface area contributed by atoms with Crippen LogP contribution in [0.1, 0.15) is 46.0 Å². The highest BCUT2D eigenvalue weighted by Gasteiger charge is 2.76. The van der Waals surface area contributed by atoms with Gasteiger partial charge in [-0.2, -0.15) is 35.8 Å². The summed E-state index contributed by atoms with van der Waals surface area (Å²) < 4.78 is 95.6. The van der Waals surface area contributed by atoms with Crippen LogP contribution in [0.2, 0.25) is 0 Å². The molecule has 0 aliphatic heterocycles. The molecular formula is C20H17F7N4O3.